The van der Waals surface area contributed by atoms with Gasteiger partial charge in [-0.05, 0) is 170 Å². The molecule has 0 amide bonds. The van der Waals surface area contributed by atoms with E-state index in [0.29, 0.717) is 43.8 Å². The second kappa shape index (κ2) is 28.0. The average Bonchev–Trinajstić information content (AvgIpc) is 3.79. The van der Waals surface area contributed by atoms with Gasteiger partial charge < -0.3 is 33.2 Å². The summed E-state index contributed by atoms with van der Waals surface area (Å²) in [5.74, 6) is -0.507. The zero-order chi connectivity index (χ0) is 48.9. The van der Waals surface area contributed by atoms with Crippen LogP contribution < -0.4 is 9.47 Å². The SMILES string of the molecule is COC(=O)c1cc(-c2ccccc2)ccc1Br.COC(=O)c1cc2c(cc1Br)OCO2.COC(=O)c1ccc(C)cc1Br.COC(=O)c1cccc(C)c1Br.COC(=O)c1ccccc1Br. The van der Waals surface area contributed by atoms with Gasteiger partial charge in [0.05, 0.1) is 63.4 Å². The van der Waals surface area contributed by atoms with Crippen molar-refractivity contribution in [2.45, 2.75) is 13.8 Å². The van der Waals surface area contributed by atoms with Crippen molar-refractivity contribution in [3.63, 3.8) is 0 Å². The van der Waals surface area contributed by atoms with Crippen molar-refractivity contribution >= 4 is 109 Å². The molecular formula is C49H43Br5O12. The Morgan fingerprint density at radius 3 is 1.42 bits per heavy atom. The summed E-state index contributed by atoms with van der Waals surface area (Å²) < 4.78 is 37.1. The van der Waals surface area contributed by atoms with Crippen LogP contribution in [0.4, 0.5) is 0 Å². The summed E-state index contributed by atoms with van der Waals surface area (Å²) in [7, 11) is 6.82. The van der Waals surface area contributed by atoms with Gasteiger partial charge in [-0.25, -0.2) is 24.0 Å². The van der Waals surface area contributed by atoms with Crippen molar-refractivity contribution in [2.24, 2.45) is 0 Å². The molecule has 6 aromatic carbocycles. The van der Waals surface area contributed by atoms with E-state index in [1.165, 1.54) is 35.5 Å². The zero-order valence-electron chi connectivity index (χ0n) is 36.5. The summed E-state index contributed by atoms with van der Waals surface area (Å²) in [6, 6.07) is 36.9. The lowest BCUT2D eigenvalue weighted by atomic mass is 10.0. The maximum Gasteiger partial charge on any atom is 0.339 e. The minimum absolute atomic E-state index is 0.187. The molecule has 0 fully saturated rings. The molecule has 12 nitrogen and oxygen atoms in total. The van der Waals surface area contributed by atoms with Crippen LogP contribution >= 0.6 is 79.6 Å². The Morgan fingerprint density at radius 1 is 0.409 bits per heavy atom. The van der Waals surface area contributed by atoms with Crippen LogP contribution in [0.3, 0.4) is 0 Å². The summed E-state index contributed by atoms with van der Waals surface area (Å²) in [5, 5.41) is 0. The van der Waals surface area contributed by atoms with E-state index in [4.69, 9.17) is 14.2 Å². The Labute approximate surface area is 424 Å². The molecule has 7 rings (SSSR count). The largest absolute Gasteiger partial charge is 0.465 e. The first kappa shape index (κ1) is 55.0. The van der Waals surface area contributed by atoms with E-state index in [2.05, 4.69) is 98.6 Å². The number of esters is 5. The van der Waals surface area contributed by atoms with Crippen LogP contribution in [-0.4, -0.2) is 72.2 Å². The van der Waals surface area contributed by atoms with Gasteiger partial charge in [-0.2, -0.15) is 0 Å². The summed E-state index contributed by atoms with van der Waals surface area (Å²) in [6.45, 7) is 4.08. The fraction of sp³-hybridized carbons (Fsp3) is 0.163. The highest BCUT2D eigenvalue weighted by Gasteiger charge is 2.20. The lowest BCUT2D eigenvalue weighted by molar-refractivity contribution is 0.0590. The fourth-order valence-electron chi connectivity index (χ4n) is 5.33. The number of hydrogen-bond acceptors (Lipinski definition) is 12. The Balaban J connectivity index is 0.000000221. The van der Waals surface area contributed by atoms with Gasteiger partial charge in [-0.15, -0.1) is 0 Å². The molecule has 346 valence electrons. The highest BCUT2D eigenvalue weighted by molar-refractivity contribution is 9.11. The quantitative estimate of drug-likeness (QED) is 0.115. The number of carbonyl (C=O) groups excluding carboxylic acids is 5. The van der Waals surface area contributed by atoms with Crippen LogP contribution in [0.25, 0.3) is 11.1 Å². The third-order valence-corrected chi connectivity index (χ3v) is 12.5. The van der Waals surface area contributed by atoms with Gasteiger partial charge in [-0.3, -0.25) is 0 Å². The third kappa shape index (κ3) is 16.2. The van der Waals surface area contributed by atoms with E-state index in [9.17, 15) is 24.0 Å². The highest BCUT2D eigenvalue weighted by atomic mass is 79.9. The van der Waals surface area contributed by atoms with E-state index in [-0.39, 0.29) is 30.7 Å². The topological polar surface area (TPSA) is 150 Å². The number of carbonyl (C=O) groups is 5. The molecule has 0 radical (unpaired) electrons. The highest BCUT2D eigenvalue weighted by Crippen LogP contribution is 2.37. The Bertz CT molecular complexity index is 2640. The molecule has 0 spiro atoms. The van der Waals surface area contributed by atoms with E-state index < -0.39 is 5.97 Å². The summed E-state index contributed by atoms with van der Waals surface area (Å²) in [6.07, 6.45) is 0. The van der Waals surface area contributed by atoms with E-state index in [1.807, 2.05) is 92.7 Å². The minimum atomic E-state index is -0.407. The molecule has 0 saturated carbocycles. The molecule has 1 aliphatic rings. The first-order chi connectivity index (χ1) is 31.5. The lowest BCUT2D eigenvalue weighted by Gasteiger charge is -2.06. The maximum atomic E-state index is 11.6. The van der Waals surface area contributed by atoms with Crippen molar-refractivity contribution < 1.29 is 57.1 Å². The number of halogens is 5. The van der Waals surface area contributed by atoms with E-state index in [1.54, 1.807) is 42.5 Å². The van der Waals surface area contributed by atoms with Gasteiger partial charge in [0, 0.05) is 22.4 Å². The van der Waals surface area contributed by atoms with Gasteiger partial charge in [0.1, 0.15) is 0 Å². The second-order valence-electron chi connectivity index (χ2n) is 13.1. The van der Waals surface area contributed by atoms with Crippen LogP contribution in [0.15, 0.2) is 144 Å². The number of fused-ring (bicyclic) bond motifs is 1. The molecule has 0 bridgehead atoms. The Morgan fingerprint density at radius 2 is 0.864 bits per heavy atom. The van der Waals surface area contributed by atoms with Crippen molar-refractivity contribution in [1.29, 1.82) is 0 Å². The molecule has 0 atom stereocenters. The van der Waals surface area contributed by atoms with Gasteiger partial charge in [0.25, 0.3) is 0 Å². The molecule has 1 heterocycles. The zero-order valence-corrected chi connectivity index (χ0v) is 44.5. The Kier molecular flexibility index (Phi) is 23.3. The van der Waals surface area contributed by atoms with Gasteiger partial charge in [0.2, 0.25) is 6.79 Å². The number of methoxy groups -OCH3 is 5. The summed E-state index contributed by atoms with van der Waals surface area (Å²) >= 11 is 16.4. The molecule has 17 heteroatoms. The van der Waals surface area contributed by atoms with Crippen LogP contribution in [0.2, 0.25) is 0 Å². The van der Waals surface area contributed by atoms with Crippen molar-refractivity contribution in [1.82, 2.24) is 0 Å². The van der Waals surface area contributed by atoms with Crippen LogP contribution in [0, 0.1) is 13.8 Å². The molecule has 0 saturated heterocycles. The standard InChI is InChI=1S/C14H11BrO2.C9H7BrO4.2C9H9BrO2.C8H7BrO2/c1-17-14(16)12-9-11(7-8-13(12)15)10-5-3-2-4-6-10;1-12-9(11)5-2-7-8(3-6(5)10)14-4-13-7;1-6-3-4-7(8(10)5-6)9(11)12-2;1-6-4-3-5-7(8(6)10)9(11)12-2;1-11-8(10)6-4-2-3-5-7(6)9/h2-9H,1H3;2-3H,4H2,1H3;2*3-5H,1-2H3;2-5H,1H3. The normalized spacial score (nSPS) is 10.3. The van der Waals surface area contributed by atoms with Crippen LogP contribution in [-0.2, 0) is 23.7 Å². The number of ether oxygens (including phenoxy) is 7. The molecule has 0 N–H and O–H groups in total. The van der Waals surface area contributed by atoms with Gasteiger partial charge >= 0.3 is 29.8 Å². The van der Waals surface area contributed by atoms with Crippen LogP contribution in [0.1, 0.15) is 62.9 Å². The predicted molar refractivity (Wildman–Crippen MR) is 268 cm³/mol. The van der Waals surface area contributed by atoms with Gasteiger partial charge in [-0.1, -0.05) is 66.7 Å². The van der Waals surface area contributed by atoms with E-state index >= 15 is 0 Å². The molecule has 0 aromatic heterocycles. The molecule has 66 heavy (non-hydrogen) atoms. The maximum absolute atomic E-state index is 11.6. The van der Waals surface area contributed by atoms with Crippen LogP contribution in [0.5, 0.6) is 11.5 Å². The lowest BCUT2D eigenvalue weighted by Crippen LogP contribution is -2.02. The number of aryl methyl sites for hydroxylation is 2. The first-order valence-corrected chi connectivity index (χ1v) is 23.1. The molecule has 0 aliphatic carbocycles. The number of benzene rings is 6. The molecular weight excluding hydrogens is 1180 g/mol. The van der Waals surface area contributed by atoms with E-state index in [0.717, 1.165) is 40.1 Å². The monoisotopic (exact) mass is 1220 g/mol. The third-order valence-electron chi connectivity index (χ3n) is 8.75. The summed E-state index contributed by atoms with van der Waals surface area (Å²) in [4.78, 5) is 56.1. The fourth-order valence-corrected chi connectivity index (χ4v) is 7.75. The number of rotatable bonds is 6. The minimum Gasteiger partial charge on any atom is -0.465 e. The van der Waals surface area contributed by atoms with Crippen molar-refractivity contribution in [2.75, 3.05) is 42.3 Å². The predicted octanol–water partition coefficient (Wildman–Crippen LogP) is 13.2. The van der Waals surface area contributed by atoms with Crippen molar-refractivity contribution in [3.05, 3.63) is 183 Å². The van der Waals surface area contributed by atoms with Crippen molar-refractivity contribution in [3.8, 4) is 22.6 Å². The Hall–Kier alpha value is -5.33. The molecule has 6 aromatic rings. The second-order valence-corrected chi connectivity index (χ2v) is 17.3. The smallest absolute Gasteiger partial charge is 0.339 e. The number of hydrogen-bond donors (Lipinski definition) is 0. The van der Waals surface area contributed by atoms with Gasteiger partial charge in [0.15, 0.2) is 11.5 Å². The summed E-state index contributed by atoms with van der Waals surface area (Å²) in [5.41, 5.74) is 6.84. The average molecular weight is 1220 g/mol. The molecule has 0 unspecified atom stereocenters. The molecule has 1 aliphatic heterocycles. The first-order valence-electron chi connectivity index (χ1n) is 19.1.